The normalized spacial score (nSPS) is 14.7. The van der Waals surface area contributed by atoms with Crippen LogP contribution in [-0.4, -0.2) is 54.0 Å². The number of hydrogen-bond acceptors (Lipinski definition) is 7. The number of halogens is 3. The molecule has 1 aromatic carbocycles. The van der Waals surface area contributed by atoms with Crippen molar-refractivity contribution in [1.29, 1.82) is 0 Å². The van der Waals surface area contributed by atoms with Gasteiger partial charge in [0.2, 0.25) is 0 Å². The van der Waals surface area contributed by atoms with E-state index in [1.165, 1.54) is 36.7 Å². The minimum absolute atomic E-state index is 0.0968. The summed E-state index contributed by atoms with van der Waals surface area (Å²) in [6, 6.07) is 7.02. The summed E-state index contributed by atoms with van der Waals surface area (Å²) in [6.45, 7) is 1.81. The highest BCUT2D eigenvalue weighted by Crippen LogP contribution is 2.29. The van der Waals surface area contributed by atoms with Crippen molar-refractivity contribution in [1.82, 2.24) is 4.98 Å². The number of nitrogens with zero attached hydrogens (tertiary/aromatic N) is 3. The number of carbonyl (C=O) groups excluding carboxylic acids is 1. The number of aromatic nitrogens is 1. The lowest BCUT2D eigenvalue weighted by Gasteiger charge is -2.21. The quantitative estimate of drug-likeness (QED) is 0.375. The minimum Gasteiger partial charge on any atom is -0.420 e. The van der Waals surface area contributed by atoms with E-state index >= 15 is 0 Å². The maximum atomic E-state index is 12.8. The number of aliphatic hydroxyl groups excluding tert-OH is 1. The molecule has 0 atom stereocenters. The van der Waals surface area contributed by atoms with Gasteiger partial charge in [0, 0.05) is 60.1 Å². The van der Waals surface area contributed by atoms with Gasteiger partial charge >= 0.3 is 5.57 Å². The van der Waals surface area contributed by atoms with E-state index in [9.17, 15) is 13.6 Å². The Morgan fingerprint density at radius 2 is 2.03 bits per heavy atom. The van der Waals surface area contributed by atoms with Crippen molar-refractivity contribution in [2.45, 2.75) is 18.4 Å². The smallest absolute Gasteiger partial charge is 0.420 e. The number of ether oxygens (including phenoxy) is 1. The fourth-order valence-electron chi connectivity index (χ4n) is 3.34. The van der Waals surface area contributed by atoms with Gasteiger partial charge in [-0.3, -0.25) is 9.79 Å². The van der Waals surface area contributed by atoms with Crippen LogP contribution in [0.1, 0.15) is 28.8 Å². The summed E-state index contributed by atoms with van der Waals surface area (Å²) >= 11 is 4.75. The summed E-state index contributed by atoms with van der Waals surface area (Å²) < 4.78 is 29.7. The van der Waals surface area contributed by atoms with Crippen molar-refractivity contribution in [3.05, 3.63) is 53.9 Å². The number of benzene rings is 1. The molecule has 176 valence electrons. The minimum atomic E-state index is -3.82. The SMILES string of the molecule is NC=C(C=NCCO)c1cc(C(=O)Nc2ccc(OC(F)(F)Cl)cc2)cnc1N1CCCC1. The Morgan fingerprint density at radius 3 is 2.64 bits per heavy atom. The third kappa shape index (κ3) is 6.87. The Labute approximate surface area is 194 Å². The molecular formula is C22H24ClF2N5O3. The summed E-state index contributed by atoms with van der Waals surface area (Å²) in [5.74, 6) is 0.100. The maximum Gasteiger partial charge on any atom is 0.487 e. The standard InChI is InChI=1S/C22H24ClF2N5O3/c23-22(24,25)33-18-5-3-17(4-6-18)29-21(32)15-11-19(16(12-26)13-27-7-10-31)20(28-14-15)30-8-1-2-9-30/h3-6,11-14,31H,1-2,7-10,26H2,(H,29,32). The predicted molar refractivity (Wildman–Crippen MR) is 124 cm³/mol. The van der Waals surface area contributed by atoms with E-state index < -0.39 is 11.5 Å². The summed E-state index contributed by atoms with van der Waals surface area (Å²) in [5, 5.41) is 11.7. The fraction of sp³-hybridized carbons (Fsp3) is 0.318. The molecule has 1 saturated heterocycles. The molecule has 11 heteroatoms. The largest absolute Gasteiger partial charge is 0.487 e. The number of anilines is 2. The zero-order chi connectivity index (χ0) is 23.8. The van der Waals surface area contributed by atoms with Crippen molar-refractivity contribution >= 4 is 40.8 Å². The first kappa shape index (κ1) is 24.4. The van der Waals surface area contributed by atoms with Crippen molar-refractivity contribution in [2.24, 2.45) is 10.7 Å². The van der Waals surface area contributed by atoms with E-state index in [1.807, 2.05) is 0 Å². The second kappa shape index (κ2) is 11.1. The molecule has 0 saturated carbocycles. The number of nitrogens with one attached hydrogen (secondary N) is 1. The predicted octanol–water partition coefficient (Wildman–Crippen LogP) is 3.46. The zero-order valence-electron chi connectivity index (χ0n) is 17.7. The molecule has 0 radical (unpaired) electrons. The molecule has 4 N–H and O–H groups in total. The second-order valence-corrected chi connectivity index (χ2v) is 7.64. The van der Waals surface area contributed by atoms with Gasteiger partial charge in [0.25, 0.3) is 5.91 Å². The molecule has 0 spiro atoms. The molecule has 3 rings (SSSR count). The molecule has 33 heavy (non-hydrogen) atoms. The van der Waals surface area contributed by atoms with Crippen LogP contribution in [0.2, 0.25) is 0 Å². The van der Waals surface area contributed by atoms with Crippen LogP contribution < -0.4 is 20.7 Å². The third-order valence-electron chi connectivity index (χ3n) is 4.83. The molecule has 0 unspecified atom stereocenters. The average Bonchev–Trinajstić information content (AvgIpc) is 3.31. The van der Waals surface area contributed by atoms with Gasteiger partial charge in [-0.15, -0.1) is 8.78 Å². The number of aliphatic hydroxyl groups is 1. The Bertz CT molecular complexity index is 1020. The summed E-state index contributed by atoms with van der Waals surface area (Å²) in [5.41, 5.74) is 3.85. The van der Waals surface area contributed by atoms with Gasteiger partial charge < -0.3 is 25.8 Å². The number of hydrogen-bond donors (Lipinski definition) is 3. The van der Waals surface area contributed by atoms with Gasteiger partial charge in [-0.05, 0) is 43.2 Å². The highest BCUT2D eigenvalue weighted by Gasteiger charge is 2.27. The van der Waals surface area contributed by atoms with Gasteiger partial charge in [-0.2, -0.15) is 0 Å². The fourth-order valence-corrected chi connectivity index (χ4v) is 3.43. The van der Waals surface area contributed by atoms with Crippen LogP contribution in [0, 0.1) is 0 Å². The zero-order valence-corrected chi connectivity index (χ0v) is 18.4. The first-order valence-corrected chi connectivity index (χ1v) is 10.6. The van der Waals surface area contributed by atoms with Crippen LogP contribution in [0.25, 0.3) is 5.57 Å². The molecule has 1 aromatic heterocycles. The number of pyridine rings is 1. The molecule has 1 aliphatic rings. The summed E-state index contributed by atoms with van der Waals surface area (Å²) in [6.07, 6.45) is 6.47. The molecule has 1 amide bonds. The Balaban J connectivity index is 1.84. The van der Waals surface area contributed by atoms with Crippen molar-refractivity contribution in [3.8, 4) is 5.75 Å². The highest BCUT2D eigenvalue weighted by atomic mass is 35.5. The van der Waals surface area contributed by atoms with Gasteiger partial charge in [-0.25, -0.2) is 4.98 Å². The molecule has 0 aliphatic carbocycles. The molecule has 2 aromatic rings. The van der Waals surface area contributed by atoms with Crippen LogP contribution in [0.5, 0.6) is 5.75 Å². The first-order chi connectivity index (χ1) is 15.8. The maximum absolute atomic E-state index is 12.8. The average molecular weight is 480 g/mol. The van der Waals surface area contributed by atoms with Crippen LogP contribution in [0.15, 0.2) is 47.7 Å². The van der Waals surface area contributed by atoms with Crippen LogP contribution in [0.4, 0.5) is 20.3 Å². The van der Waals surface area contributed by atoms with E-state index in [1.54, 1.807) is 12.3 Å². The van der Waals surface area contributed by atoms with Crippen LogP contribution in [-0.2, 0) is 0 Å². The number of nitrogens with two attached hydrogens (primary N) is 1. The molecule has 1 aliphatic heterocycles. The molecule has 8 nitrogen and oxygen atoms in total. The Kier molecular flexibility index (Phi) is 8.18. The number of aliphatic imine (C=N–C) groups is 1. The number of allylic oxidation sites excluding steroid dienone is 1. The van der Waals surface area contributed by atoms with Gasteiger partial charge in [0.1, 0.15) is 11.6 Å². The van der Waals surface area contributed by atoms with E-state index in [0.29, 0.717) is 22.6 Å². The highest BCUT2D eigenvalue weighted by molar-refractivity contribution is 6.20. The third-order valence-corrected chi connectivity index (χ3v) is 4.91. The lowest BCUT2D eigenvalue weighted by atomic mass is 10.1. The number of carbonyl (C=O) groups is 1. The van der Waals surface area contributed by atoms with Gasteiger partial charge in [0.05, 0.1) is 18.7 Å². The van der Waals surface area contributed by atoms with Crippen LogP contribution >= 0.6 is 11.6 Å². The first-order valence-electron chi connectivity index (χ1n) is 10.3. The summed E-state index contributed by atoms with van der Waals surface area (Å²) in [4.78, 5) is 23.6. The topological polar surface area (TPSA) is 113 Å². The lowest BCUT2D eigenvalue weighted by molar-refractivity contribution is -0.0964. The van der Waals surface area contributed by atoms with Crippen molar-refractivity contribution < 1.29 is 23.4 Å². The molecular weight excluding hydrogens is 456 g/mol. The monoisotopic (exact) mass is 479 g/mol. The molecule has 1 fully saturated rings. The van der Waals surface area contributed by atoms with Gasteiger partial charge in [0.15, 0.2) is 0 Å². The van der Waals surface area contributed by atoms with Crippen LogP contribution in [0.3, 0.4) is 0 Å². The van der Waals surface area contributed by atoms with E-state index in [4.69, 9.17) is 22.4 Å². The van der Waals surface area contributed by atoms with Gasteiger partial charge in [-0.1, -0.05) is 0 Å². The lowest BCUT2D eigenvalue weighted by Crippen LogP contribution is -2.22. The Hall–Kier alpha value is -3.24. The Morgan fingerprint density at radius 1 is 1.33 bits per heavy atom. The second-order valence-electron chi connectivity index (χ2n) is 7.20. The summed E-state index contributed by atoms with van der Waals surface area (Å²) in [7, 11) is 0. The van der Waals surface area contributed by atoms with Crippen molar-refractivity contribution in [2.75, 3.05) is 36.5 Å². The van der Waals surface area contributed by atoms with E-state index in [0.717, 1.165) is 25.9 Å². The molecule has 2 heterocycles. The molecule has 0 bridgehead atoms. The number of rotatable bonds is 9. The van der Waals surface area contributed by atoms with E-state index in [2.05, 4.69) is 24.9 Å². The van der Waals surface area contributed by atoms with E-state index in [-0.39, 0.29) is 24.5 Å². The number of alkyl halides is 3. The van der Waals surface area contributed by atoms with Crippen molar-refractivity contribution in [3.63, 3.8) is 0 Å². The number of amides is 1.